The van der Waals surface area contributed by atoms with Gasteiger partial charge in [0.25, 0.3) is 0 Å². The number of aryl methyl sites for hydroxylation is 1. The molecule has 0 saturated carbocycles. The minimum atomic E-state index is -0.538. The summed E-state index contributed by atoms with van der Waals surface area (Å²) in [6, 6.07) is 2.98. The van der Waals surface area contributed by atoms with Gasteiger partial charge in [0.2, 0.25) is 11.2 Å². The molecular formula is C11H8ClFN4S. The van der Waals surface area contributed by atoms with E-state index in [4.69, 9.17) is 11.6 Å². The summed E-state index contributed by atoms with van der Waals surface area (Å²) < 4.78 is 13.0. The summed E-state index contributed by atoms with van der Waals surface area (Å²) in [6.45, 7) is 0. The van der Waals surface area contributed by atoms with Crippen molar-refractivity contribution in [3.63, 3.8) is 0 Å². The average molecular weight is 283 g/mol. The Bertz CT molecular complexity index is 608. The highest BCUT2D eigenvalue weighted by Gasteiger charge is 2.19. The minimum absolute atomic E-state index is 0.202. The number of nitrogens with one attached hydrogen (secondary N) is 1. The van der Waals surface area contributed by atoms with E-state index in [1.807, 2.05) is 0 Å². The molecule has 2 aromatic rings. The summed E-state index contributed by atoms with van der Waals surface area (Å²) in [5.74, 6) is 1.05. The van der Waals surface area contributed by atoms with Gasteiger partial charge in [0.15, 0.2) is 0 Å². The number of thioether (sulfide) groups is 1. The van der Waals surface area contributed by atoms with Crippen LogP contribution in [0.4, 0.5) is 15.9 Å². The quantitative estimate of drug-likeness (QED) is 0.678. The van der Waals surface area contributed by atoms with Crippen molar-refractivity contribution in [1.82, 2.24) is 15.0 Å². The lowest BCUT2D eigenvalue weighted by Crippen LogP contribution is -2.00. The molecule has 2 aromatic heterocycles. The Labute approximate surface area is 112 Å². The van der Waals surface area contributed by atoms with E-state index in [1.54, 1.807) is 17.8 Å². The number of pyridine rings is 1. The Morgan fingerprint density at radius 2 is 2.28 bits per heavy atom. The number of halogens is 2. The highest BCUT2D eigenvalue weighted by atomic mass is 35.5. The molecule has 0 radical (unpaired) electrons. The molecule has 92 valence electrons. The first-order valence-electron chi connectivity index (χ1n) is 5.30. The number of hydrogen-bond donors (Lipinski definition) is 1. The summed E-state index contributed by atoms with van der Waals surface area (Å²) in [5, 5.41) is 3.25. The highest BCUT2D eigenvalue weighted by Crippen LogP contribution is 2.37. The van der Waals surface area contributed by atoms with Gasteiger partial charge in [0.05, 0.1) is 10.6 Å². The maximum Gasteiger partial charge on any atom is 0.224 e. The third-order valence-electron chi connectivity index (χ3n) is 2.48. The van der Waals surface area contributed by atoms with Gasteiger partial charge in [-0.3, -0.25) is 0 Å². The van der Waals surface area contributed by atoms with Crippen LogP contribution in [0.1, 0.15) is 5.69 Å². The van der Waals surface area contributed by atoms with Crippen LogP contribution in [0, 0.1) is 5.95 Å². The molecule has 1 N–H and O–H groups in total. The molecule has 18 heavy (non-hydrogen) atoms. The first-order chi connectivity index (χ1) is 8.72. The molecular weight excluding hydrogens is 275 g/mol. The van der Waals surface area contributed by atoms with Gasteiger partial charge in [0.1, 0.15) is 5.82 Å². The SMILES string of the molecule is Fc1cc(Nc2nc(Cl)nc3c2SCC3)ccn1. The molecule has 0 aliphatic carbocycles. The maximum absolute atomic E-state index is 13.0. The predicted octanol–water partition coefficient (Wildman–Crippen LogP) is 3.06. The van der Waals surface area contributed by atoms with E-state index >= 15 is 0 Å². The van der Waals surface area contributed by atoms with E-state index < -0.39 is 5.95 Å². The lowest BCUT2D eigenvalue weighted by Gasteiger charge is -2.09. The molecule has 7 heteroatoms. The molecule has 4 nitrogen and oxygen atoms in total. The molecule has 3 rings (SSSR count). The number of anilines is 2. The largest absolute Gasteiger partial charge is 0.339 e. The van der Waals surface area contributed by atoms with Crippen molar-refractivity contribution >= 4 is 34.9 Å². The Balaban J connectivity index is 1.98. The molecule has 1 aliphatic rings. The van der Waals surface area contributed by atoms with E-state index in [2.05, 4.69) is 20.3 Å². The second-order valence-electron chi connectivity index (χ2n) is 3.71. The van der Waals surface area contributed by atoms with Gasteiger partial charge in [-0.15, -0.1) is 11.8 Å². The minimum Gasteiger partial charge on any atom is -0.339 e. The van der Waals surface area contributed by atoms with E-state index in [0.717, 1.165) is 22.8 Å². The number of fused-ring (bicyclic) bond motifs is 1. The third-order valence-corrected chi connectivity index (χ3v) is 3.78. The molecule has 1 aliphatic heterocycles. The molecule has 0 aromatic carbocycles. The summed E-state index contributed by atoms with van der Waals surface area (Å²) in [4.78, 5) is 12.8. The molecule has 0 spiro atoms. The standard InChI is InChI=1S/C11H8ClFN4S/c12-11-16-7-2-4-18-9(7)10(17-11)15-6-1-3-14-8(13)5-6/h1,3,5H,2,4H2,(H,14,15,16,17). The van der Waals surface area contributed by atoms with Crippen LogP contribution in [0.5, 0.6) is 0 Å². The van der Waals surface area contributed by atoms with Crippen LogP contribution in [0.3, 0.4) is 0 Å². The molecule has 0 saturated heterocycles. The van der Waals surface area contributed by atoms with Gasteiger partial charge in [-0.05, 0) is 17.7 Å². The lowest BCUT2D eigenvalue weighted by molar-refractivity contribution is 0.584. The Hall–Kier alpha value is -1.40. The molecule has 0 amide bonds. The third kappa shape index (κ3) is 2.26. The first-order valence-corrected chi connectivity index (χ1v) is 6.66. The number of aromatic nitrogens is 3. The fourth-order valence-electron chi connectivity index (χ4n) is 1.74. The maximum atomic E-state index is 13.0. The smallest absolute Gasteiger partial charge is 0.224 e. The molecule has 0 bridgehead atoms. The Morgan fingerprint density at radius 3 is 3.11 bits per heavy atom. The average Bonchev–Trinajstić information content (AvgIpc) is 2.77. The van der Waals surface area contributed by atoms with Crippen LogP contribution < -0.4 is 5.32 Å². The number of rotatable bonds is 2. The number of nitrogens with zero attached hydrogens (tertiary/aromatic N) is 3. The normalized spacial score (nSPS) is 13.4. The molecule has 0 fully saturated rings. The van der Waals surface area contributed by atoms with Crippen molar-refractivity contribution in [1.29, 1.82) is 0 Å². The number of hydrogen-bond acceptors (Lipinski definition) is 5. The van der Waals surface area contributed by atoms with Crippen LogP contribution in [0.25, 0.3) is 0 Å². The zero-order valence-corrected chi connectivity index (χ0v) is 10.7. The Kier molecular flexibility index (Phi) is 3.05. The van der Waals surface area contributed by atoms with Crippen molar-refractivity contribution in [2.75, 3.05) is 11.1 Å². The van der Waals surface area contributed by atoms with Gasteiger partial charge in [-0.1, -0.05) is 0 Å². The lowest BCUT2D eigenvalue weighted by atomic mass is 10.3. The fourth-order valence-corrected chi connectivity index (χ4v) is 2.97. The van der Waals surface area contributed by atoms with Crippen molar-refractivity contribution in [3.05, 3.63) is 35.3 Å². The second-order valence-corrected chi connectivity index (χ2v) is 5.15. The van der Waals surface area contributed by atoms with Crippen molar-refractivity contribution < 1.29 is 4.39 Å². The summed E-state index contributed by atoms with van der Waals surface area (Å²) in [7, 11) is 0. The zero-order valence-electron chi connectivity index (χ0n) is 9.15. The molecule has 0 atom stereocenters. The zero-order chi connectivity index (χ0) is 12.5. The monoisotopic (exact) mass is 282 g/mol. The Morgan fingerprint density at radius 1 is 1.39 bits per heavy atom. The fraction of sp³-hybridized carbons (Fsp3) is 0.182. The van der Waals surface area contributed by atoms with Crippen LogP contribution in [-0.4, -0.2) is 20.7 Å². The molecule has 3 heterocycles. The van der Waals surface area contributed by atoms with Crippen LogP contribution in [0.15, 0.2) is 23.2 Å². The summed E-state index contributed by atoms with van der Waals surface area (Å²) in [6.07, 6.45) is 2.27. The van der Waals surface area contributed by atoms with E-state index in [1.165, 1.54) is 12.3 Å². The summed E-state index contributed by atoms with van der Waals surface area (Å²) in [5.41, 5.74) is 1.53. The van der Waals surface area contributed by atoms with Crippen molar-refractivity contribution in [2.24, 2.45) is 0 Å². The van der Waals surface area contributed by atoms with E-state index in [0.29, 0.717) is 11.5 Å². The van der Waals surface area contributed by atoms with Gasteiger partial charge in [-0.2, -0.15) is 9.37 Å². The van der Waals surface area contributed by atoms with Crippen molar-refractivity contribution in [2.45, 2.75) is 11.3 Å². The molecule has 0 unspecified atom stereocenters. The first kappa shape index (κ1) is 11.7. The summed E-state index contributed by atoms with van der Waals surface area (Å²) >= 11 is 7.54. The van der Waals surface area contributed by atoms with Gasteiger partial charge < -0.3 is 5.32 Å². The van der Waals surface area contributed by atoms with Crippen LogP contribution >= 0.6 is 23.4 Å². The highest BCUT2D eigenvalue weighted by molar-refractivity contribution is 7.99. The predicted molar refractivity (Wildman–Crippen MR) is 68.9 cm³/mol. The second kappa shape index (κ2) is 4.70. The van der Waals surface area contributed by atoms with Gasteiger partial charge >= 0.3 is 0 Å². The van der Waals surface area contributed by atoms with Crippen LogP contribution in [-0.2, 0) is 6.42 Å². The van der Waals surface area contributed by atoms with E-state index in [9.17, 15) is 4.39 Å². The topological polar surface area (TPSA) is 50.7 Å². The van der Waals surface area contributed by atoms with Gasteiger partial charge in [-0.25, -0.2) is 9.97 Å². The van der Waals surface area contributed by atoms with Crippen molar-refractivity contribution in [3.8, 4) is 0 Å². The van der Waals surface area contributed by atoms with E-state index in [-0.39, 0.29) is 5.28 Å². The van der Waals surface area contributed by atoms with Gasteiger partial charge in [0, 0.05) is 30.1 Å². The van der Waals surface area contributed by atoms with Crippen LogP contribution in [0.2, 0.25) is 5.28 Å².